The Balaban J connectivity index is 1.55. The predicted molar refractivity (Wildman–Crippen MR) is 135 cm³/mol. The van der Waals surface area contributed by atoms with Crippen molar-refractivity contribution in [2.45, 2.75) is 17.5 Å². The van der Waals surface area contributed by atoms with Gasteiger partial charge in [0.15, 0.2) is 5.16 Å². The molecule has 8 nitrogen and oxygen atoms in total. The summed E-state index contributed by atoms with van der Waals surface area (Å²) < 4.78 is 2.79. The molecule has 5 rings (SSSR count). The number of nitrogens with zero attached hydrogens (tertiary/aromatic N) is 4. The van der Waals surface area contributed by atoms with E-state index in [0.29, 0.717) is 32.1 Å². The molecule has 0 fully saturated rings. The standard InChI is InChI=1S/C24H19N5O3S2/c1-28-23(32)20-16(14-7-3-2-4-8-14)12-33-21(20)27-24(28)34-13-19-26-17-10-6-5-9-15(17)22(31)29(19)11-18(25)30/h2-10,12H,11,13H2,1H3,(H2,25,30). The Hall–Kier alpha value is -3.76. The van der Waals surface area contributed by atoms with Crippen molar-refractivity contribution in [3.05, 3.63) is 86.5 Å². The zero-order valence-electron chi connectivity index (χ0n) is 18.1. The Morgan fingerprint density at radius 3 is 2.53 bits per heavy atom. The number of para-hydroxylation sites is 1. The molecule has 3 heterocycles. The van der Waals surface area contributed by atoms with Gasteiger partial charge in [0.25, 0.3) is 11.1 Å². The van der Waals surface area contributed by atoms with Crippen LogP contribution in [0.25, 0.3) is 32.2 Å². The molecule has 1 amide bonds. The van der Waals surface area contributed by atoms with Crippen molar-refractivity contribution in [3.8, 4) is 11.1 Å². The van der Waals surface area contributed by atoms with Crippen LogP contribution in [0.15, 0.2) is 74.7 Å². The van der Waals surface area contributed by atoms with E-state index in [2.05, 4.69) is 4.98 Å². The number of hydrogen-bond acceptors (Lipinski definition) is 7. The summed E-state index contributed by atoms with van der Waals surface area (Å²) in [5, 5.41) is 3.43. The average molecular weight is 490 g/mol. The van der Waals surface area contributed by atoms with Gasteiger partial charge in [-0.2, -0.15) is 0 Å². The van der Waals surface area contributed by atoms with Crippen molar-refractivity contribution in [2.24, 2.45) is 12.8 Å². The average Bonchev–Trinajstić information content (AvgIpc) is 3.27. The predicted octanol–water partition coefficient (Wildman–Crippen LogP) is 3.15. The molecule has 0 aliphatic carbocycles. The fourth-order valence-electron chi connectivity index (χ4n) is 3.78. The van der Waals surface area contributed by atoms with Crippen LogP contribution in [0, 0.1) is 0 Å². The Morgan fingerprint density at radius 2 is 1.76 bits per heavy atom. The number of fused-ring (bicyclic) bond motifs is 2. The van der Waals surface area contributed by atoms with Gasteiger partial charge in [0.05, 0.1) is 22.0 Å². The second-order valence-corrected chi connectivity index (χ2v) is 9.45. The second-order valence-electron chi connectivity index (χ2n) is 7.65. The van der Waals surface area contributed by atoms with Crippen LogP contribution >= 0.6 is 23.1 Å². The monoisotopic (exact) mass is 489 g/mol. The normalized spacial score (nSPS) is 11.3. The number of thioether (sulfide) groups is 1. The lowest BCUT2D eigenvalue weighted by molar-refractivity contribution is -0.118. The molecule has 0 aliphatic heterocycles. The number of thiophene rings is 1. The summed E-state index contributed by atoms with van der Waals surface area (Å²) in [5.74, 6) is -0.0156. The number of carbonyl (C=O) groups excluding carboxylic acids is 1. The molecule has 3 aromatic heterocycles. The lowest BCUT2D eigenvalue weighted by Crippen LogP contribution is -2.31. The summed E-state index contributed by atoms with van der Waals surface area (Å²) in [4.78, 5) is 47.8. The molecule has 2 aromatic carbocycles. The Labute approximate surface area is 201 Å². The van der Waals surface area contributed by atoms with Gasteiger partial charge in [0.1, 0.15) is 17.2 Å². The lowest BCUT2D eigenvalue weighted by atomic mass is 10.1. The van der Waals surface area contributed by atoms with Crippen LogP contribution in [0.1, 0.15) is 5.82 Å². The van der Waals surface area contributed by atoms with Crippen molar-refractivity contribution in [2.75, 3.05) is 0 Å². The van der Waals surface area contributed by atoms with Crippen molar-refractivity contribution >= 4 is 50.1 Å². The maximum absolute atomic E-state index is 13.2. The molecule has 0 radical (unpaired) electrons. The van der Waals surface area contributed by atoms with Gasteiger partial charge in [-0.25, -0.2) is 9.97 Å². The smallest absolute Gasteiger partial charge is 0.263 e. The maximum atomic E-state index is 13.2. The third kappa shape index (κ3) is 3.91. The molecule has 0 bridgehead atoms. The van der Waals surface area contributed by atoms with Crippen LogP contribution in [-0.4, -0.2) is 25.0 Å². The highest BCUT2D eigenvalue weighted by Crippen LogP contribution is 2.32. The van der Waals surface area contributed by atoms with Gasteiger partial charge in [-0.3, -0.25) is 23.5 Å². The number of primary amides is 1. The molecule has 10 heteroatoms. The minimum Gasteiger partial charge on any atom is -0.368 e. The van der Waals surface area contributed by atoms with Crippen molar-refractivity contribution < 1.29 is 4.79 Å². The first-order valence-corrected chi connectivity index (χ1v) is 12.2. The van der Waals surface area contributed by atoms with E-state index in [1.807, 2.05) is 35.7 Å². The fourth-order valence-corrected chi connectivity index (χ4v) is 5.69. The summed E-state index contributed by atoms with van der Waals surface area (Å²) in [6.07, 6.45) is 0. The third-order valence-electron chi connectivity index (χ3n) is 5.44. The summed E-state index contributed by atoms with van der Waals surface area (Å²) in [5.41, 5.74) is 7.26. The van der Waals surface area contributed by atoms with Crippen LogP contribution in [0.5, 0.6) is 0 Å². The Morgan fingerprint density at radius 1 is 1.03 bits per heavy atom. The van der Waals surface area contributed by atoms with Crippen molar-refractivity contribution in [3.63, 3.8) is 0 Å². The first kappa shape index (κ1) is 22.1. The minimum absolute atomic E-state index is 0.145. The van der Waals surface area contributed by atoms with Crippen LogP contribution in [-0.2, 0) is 24.1 Å². The van der Waals surface area contributed by atoms with E-state index in [-0.39, 0.29) is 23.4 Å². The molecule has 0 spiro atoms. The van der Waals surface area contributed by atoms with Crippen LogP contribution < -0.4 is 16.9 Å². The highest BCUT2D eigenvalue weighted by atomic mass is 32.2. The molecule has 0 unspecified atom stereocenters. The quantitative estimate of drug-likeness (QED) is 0.290. The fraction of sp³-hybridized carbons (Fsp3) is 0.125. The first-order valence-electron chi connectivity index (χ1n) is 10.4. The number of carbonyl (C=O) groups is 1. The third-order valence-corrected chi connectivity index (χ3v) is 7.34. The Bertz CT molecular complexity index is 1670. The molecule has 0 atom stereocenters. The van der Waals surface area contributed by atoms with E-state index < -0.39 is 5.91 Å². The van der Waals surface area contributed by atoms with E-state index >= 15 is 0 Å². The maximum Gasteiger partial charge on any atom is 0.263 e. The number of nitrogens with two attached hydrogens (primary N) is 1. The van der Waals surface area contributed by atoms with Gasteiger partial charge < -0.3 is 5.73 Å². The van der Waals surface area contributed by atoms with E-state index in [4.69, 9.17) is 10.7 Å². The van der Waals surface area contributed by atoms with Gasteiger partial charge in [0.2, 0.25) is 5.91 Å². The molecule has 34 heavy (non-hydrogen) atoms. The van der Waals surface area contributed by atoms with Crippen LogP contribution in [0.3, 0.4) is 0 Å². The summed E-state index contributed by atoms with van der Waals surface area (Å²) in [7, 11) is 1.67. The van der Waals surface area contributed by atoms with Crippen molar-refractivity contribution in [1.29, 1.82) is 0 Å². The SMILES string of the molecule is Cn1c(SCc2nc3ccccc3c(=O)n2CC(N)=O)nc2scc(-c3ccccc3)c2c1=O. The number of rotatable bonds is 6. The van der Waals surface area contributed by atoms with Crippen molar-refractivity contribution in [1.82, 2.24) is 19.1 Å². The van der Waals surface area contributed by atoms with E-state index in [9.17, 15) is 14.4 Å². The number of aromatic nitrogens is 4. The molecule has 5 aromatic rings. The lowest BCUT2D eigenvalue weighted by Gasteiger charge is -2.13. The highest BCUT2D eigenvalue weighted by molar-refractivity contribution is 7.98. The van der Waals surface area contributed by atoms with Gasteiger partial charge >= 0.3 is 0 Å². The zero-order valence-corrected chi connectivity index (χ0v) is 19.7. The largest absolute Gasteiger partial charge is 0.368 e. The zero-order chi connectivity index (χ0) is 23.8. The number of benzene rings is 2. The number of amides is 1. The van der Waals surface area contributed by atoms with Gasteiger partial charge in [0, 0.05) is 18.0 Å². The molecule has 0 aliphatic rings. The van der Waals surface area contributed by atoms with E-state index in [0.717, 1.165) is 11.1 Å². The number of hydrogen-bond donors (Lipinski definition) is 1. The highest BCUT2D eigenvalue weighted by Gasteiger charge is 2.18. The molecule has 0 saturated carbocycles. The molecule has 0 saturated heterocycles. The minimum atomic E-state index is -0.635. The van der Waals surface area contributed by atoms with Crippen LogP contribution in [0.4, 0.5) is 0 Å². The second kappa shape index (κ2) is 8.88. The molecule has 170 valence electrons. The molecular formula is C24H19N5O3S2. The summed E-state index contributed by atoms with van der Waals surface area (Å²) in [6, 6.07) is 16.7. The van der Waals surface area contributed by atoms with E-state index in [1.54, 1.807) is 31.3 Å². The summed E-state index contributed by atoms with van der Waals surface area (Å²) in [6.45, 7) is -0.274. The molecule has 2 N–H and O–H groups in total. The van der Waals surface area contributed by atoms with Gasteiger partial charge in [-0.15, -0.1) is 11.3 Å². The summed E-state index contributed by atoms with van der Waals surface area (Å²) >= 11 is 2.69. The molecular weight excluding hydrogens is 470 g/mol. The van der Waals surface area contributed by atoms with Gasteiger partial charge in [-0.1, -0.05) is 54.2 Å². The topological polar surface area (TPSA) is 113 Å². The Kier molecular flexibility index (Phi) is 5.76. The van der Waals surface area contributed by atoms with Gasteiger partial charge in [-0.05, 0) is 17.7 Å². The van der Waals surface area contributed by atoms with E-state index in [1.165, 1.54) is 32.2 Å². The van der Waals surface area contributed by atoms with Crippen LogP contribution in [0.2, 0.25) is 0 Å². The first-order chi connectivity index (χ1) is 16.4.